The second-order valence-electron chi connectivity index (χ2n) is 3.84. The van der Waals surface area contributed by atoms with E-state index in [1.165, 1.54) is 0 Å². The molecule has 0 bridgehead atoms. The fourth-order valence-corrected chi connectivity index (χ4v) is 1.76. The Morgan fingerprint density at radius 2 is 1.89 bits per heavy atom. The van der Waals surface area contributed by atoms with Crippen molar-refractivity contribution in [2.75, 3.05) is 7.11 Å². The van der Waals surface area contributed by atoms with Crippen LogP contribution in [-0.4, -0.2) is 12.9 Å². The number of methoxy groups -OCH3 is 1. The molecule has 0 aliphatic carbocycles. The molecule has 0 fully saturated rings. The molecule has 4 nitrogen and oxygen atoms in total. The Morgan fingerprint density at radius 3 is 2.53 bits per heavy atom. The summed E-state index contributed by atoms with van der Waals surface area (Å²) >= 11 is 6.09. The van der Waals surface area contributed by atoms with E-state index in [2.05, 4.69) is 0 Å². The molecule has 98 valence electrons. The minimum Gasteiger partial charge on any atom is -0.497 e. The number of nitrogen functional groups attached to an aromatic ring is 1. The summed E-state index contributed by atoms with van der Waals surface area (Å²) in [6, 6.07) is 12.2. The van der Waals surface area contributed by atoms with Crippen LogP contribution in [-0.2, 0) is 0 Å². The number of hydrogen-bond donors (Lipinski definition) is 2. The van der Waals surface area contributed by atoms with Crippen LogP contribution in [0.1, 0.15) is 5.56 Å². The number of rotatable bonds is 4. The van der Waals surface area contributed by atoms with E-state index in [0.717, 1.165) is 0 Å². The Balaban J connectivity index is 2.25. The SMILES string of the molecule is COc1cccc(Oc2ccc(C(=N)N)cc2Cl)c1. The Hall–Kier alpha value is -2.20. The molecule has 0 saturated heterocycles. The molecule has 3 N–H and O–H groups in total. The van der Waals surface area contributed by atoms with Crippen molar-refractivity contribution in [2.24, 2.45) is 5.73 Å². The zero-order valence-corrected chi connectivity index (χ0v) is 11.1. The average molecular weight is 277 g/mol. The van der Waals surface area contributed by atoms with Crippen LogP contribution in [0.4, 0.5) is 0 Å². The first-order valence-corrected chi connectivity index (χ1v) is 5.94. The van der Waals surface area contributed by atoms with Crippen molar-refractivity contribution in [3.05, 3.63) is 53.1 Å². The number of benzene rings is 2. The largest absolute Gasteiger partial charge is 0.497 e. The third-order valence-electron chi connectivity index (χ3n) is 2.51. The zero-order chi connectivity index (χ0) is 13.8. The Kier molecular flexibility index (Phi) is 3.92. The molecule has 5 heteroatoms. The van der Waals surface area contributed by atoms with Crippen molar-refractivity contribution < 1.29 is 9.47 Å². The number of amidine groups is 1. The standard InChI is InChI=1S/C14H13ClN2O2/c1-18-10-3-2-4-11(8-10)19-13-6-5-9(14(16)17)7-12(13)15/h2-8H,1H3,(H3,16,17). The Labute approximate surface area is 116 Å². The number of nitrogens with one attached hydrogen (secondary N) is 1. The lowest BCUT2D eigenvalue weighted by molar-refractivity contribution is 0.409. The van der Waals surface area contributed by atoms with Gasteiger partial charge in [-0.15, -0.1) is 0 Å². The molecule has 0 spiro atoms. The monoisotopic (exact) mass is 276 g/mol. The van der Waals surface area contributed by atoms with Gasteiger partial charge in [-0.1, -0.05) is 17.7 Å². The predicted octanol–water partition coefficient (Wildman–Crippen LogP) is 3.42. The molecule has 0 heterocycles. The van der Waals surface area contributed by atoms with Crippen LogP contribution in [0.5, 0.6) is 17.2 Å². The molecular weight excluding hydrogens is 264 g/mol. The molecule has 0 aliphatic rings. The van der Waals surface area contributed by atoms with E-state index in [-0.39, 0.29) is 5.84 Å². The van der Waals surface area contributed by atoms with E-state index in [1.807, 2.05) is 12.1 Å². The number of nitrogens with two attached hydrogens (primary N) is 1. The van der Waals surface area contributed by atoms with Gasteiger partial charge in [0.25, 0.3) is 0 Å². The summed E-state index contributed by atoms with van der Waals surface area (Å²) < 4.78 is 10.8. The normalized spacial score (nSPS) is 10.0. The molecule has 0 saturated carbocycles. The Bertz CT molecular complexity index is 614. The molecule has 2 aromatic carbocycles. The first-order valence-electron chi connectivity index (χ1n) is 5.56. The van der Waals surface area contributed by atoms with Crippen LogP contribution in [0.2, 0.25) is 5.02 Å². The van der Waals surface area contributed by atoms with Gasteiger partial charge < -0.3 is 15.2 Å². The number of halogens is 1. The predicted molar refractivity (Wildman–Crippen MR) is 75.5 cm³/mol. The highest BCUT2D eigenvalue weighted by molar-refractivity contribution is 6.32. The highest BCUT2D eigenvalue weighted by Crippen LogP contribution is 2.31. The van der Waals surface area contributed by atoms with E-state index in [0.29, 0.717) is 27.8 Å². The van der Waals surface area contributed by atoms with Gasteiger partial charge in [-0.25, -0.2) is 0 Å². The van der Waals surface area contributed by atoms with Crippen molar-refractivity contribution in [3.63, 3.8) is 0 Å². The van der Waals surface area contributed by atoms with E-state index in [4.69, 9.17) is 32.2 Å². The lowest BCUT2D eigenvalue weighted by atomic mass is 10.2. The minimum absolute atomic E-state index is 0.0326. The average Bonchev–Trinajstić information content (AvgIpc) is 2.41. The van der Waals surface area contributed by atoms with Gasteiger partial charge in [0.15, 0.2) is 0 Å². The first-order chi connectivity index (χ1) is 9.10. The summed E-state index contributed by atoms with van der Waals surface area (Å²) in [4.78, 5) is 0. The third kappa shape index (κ3) is 3.17. The summed E-state index contributed by atoms with van der Waals surface area (Å²) in [5, 5.41) is 7.74. The molecule has 0 amide bonds. The maximum absolute atomic E-state index is 7.34. The quantitative estimate of drug-likeness (QED) is 0.664. The summed E-state index contributed by atoms with van der Waals surface area (Å²) in [7, 11) is 1.59. The fourth-order valence-electron chi connectivity index (χ4n) is 1.54. The molecular formula is C14H13ClN2O2. The van der Waals surface area contributed by atoms with Crippen LogP contribution in [0.3, 0.4) is 0 Å². The number of hydrogen-bond acceptors (Lipinski definition) is 3. The highest BCUT2D eigenvalue weighted by Gasteiger charge is 2.06. The van der Waals surface area contributed by atoms with Crippen molar-refractivity contribution >= 4 is 17.4 Å². The van der Waals surface area contributed by atoms with E-state index in [1.54, 1.807) is 37.4 Å². The molecule has 0 aromatic heterocycles. The summed E-state index contributed by atoms with van der Waals surface area (Å²) in [5.74, 6) is 1.79. The van der Waals surface area contributed by atoms with Gasteiger partial charge in [-0.2, -0.15) is 0 Å². The maximum atomic E-state index is 7.34. The lowest BCUT2D eigenvalue weighted by Crippen LogP contribution is -2.10. The maximum Gasteiger partial charge on any atom is 0.146 e. The Morgan fingerprint density at radius 1 is 1.16 bits per heavy atom. The van der Waals surface area contributed by atoms with E-state index < -0.39 is 0 Å². The summed E-state index contributed by atoms with van der Waals surface area (Å²) in [6.45, 7) is 0. The van der Waals surface area contributed by atoms with Gasteiger partial charge in [0.05, 0.1) is 12.1 Å². The molecule has 0 unspecified atom stereocenters. The zero-order valence-electron chi connectivity index (χ0n) is 10.3. The second kappa shape index (κ2) is 5.63. The number of ether oxygens (including phenoxy) is 2. The smallest absolute Gasteiger partial charge is 0.146 e. The van der Waals surface area contributed by atoms with Crippen LogP contribution in [0.15, 0.2) is 42.5 Å². The van der Waals surface area contributed by atoms with Crippen LogP contribution in [0, 0.1) is 5.41 Å². The molecule has 19 heavy (non-hydrogen) atoms. The van der Waals surface area contributed by atoms with Crippen molar-refractivity contribution in [1.29, 1.82) is 5.41 Å². The van der Waals surface area contributed by atoms with Crippen molar-refractivity contribution in [2.45, 2.75) is 0 Å². The highest BCUT2D eigenvalue weighted by atomic mass is 35.5. The topological polar surface area (TPSA) is 68.3 Å². The van der Waals surface area contributed by atoms with Crippen molar-refractivity contribution in [1.82, 2.24) is 0 Å². The molecule has 2 rings (SSSR count). The lowest BCUT2D eigenvalue weighted by Gasteiger charge is -2.09. The second-order valence-corrected chi connectivity index (χ2v) is 4.25. The third-order valence-corrected chi connectivity index (χ3v) is 2.81. The van der Waals surface area contributed by atoms with Gasteiger partial charge >= 0.3 is 0 Å². The van der Waals surface area contributed by atoms with Crippen LogP contribution < -0.4 is 15.2 Å². The van der Waals surface area contributed by atoms with Gasteiger partial charge in [-0.3, -0.25) is 5.41 Å². The van der Waals surface area contributed by atoms with E-state index >= 15 is 0 Å². The first kappa shape index (κ1) is 13.2. The minimum atomic E-state index is -0.0326. The van der Waals surface area contributed by atoms with Gasteiger partial charge in [0.2, 0.25) is 0 Å². The van der Waals surface area contributed by atoms with Gasteiger partial charge in [-0.05, 0) is 30.3 Å². The van der Waals surface area contributed by atoms with Crippen LogP contribution in [0.25, 0.3) is 0 Å². The molecule has 0 atom stereocenters. The van der Waals surface area contributed by atoms with E-state index in [9.17, 15) is 0 Å². The van der Waals surface area contributed by atoms with Crippen molar-refractivity contribution in [3.8, 4) is 17.2 Å². The van der Waals surface area contributed by atoms with Gasteiger partial charge in [0.1, 0.15) is 23.1 Å². The van der Waals surface area contributed by atoms with Crippen LogP contribution >= 0.6 is 11.6 Å². The summed E-state index contributed by atoms with van der Waals surface area (Å²) in [6.07, 6.45) is 0. The fraction of sp³-hybridized carbons (Fsp3) is 0.0714. The molecule has 2 aromatic rings. The molecule has 0 radical (unpaired) electrons. The summed E-state index contributed by atoms with van der Waals surface area (Å²) in [5.41, 5.74) is 5.95. The van der Waals surface area contributed by atoms with Gasteiger partial charge in [0, 0.05) is 11.6 Å². The molecule has 0 aliphatic heterocycles.